The number of ether oxygens (including phenoxy) is 1. The predicted molar refractivity (Wildman–Crippen MR) is 76.9 cm³/mol. The fourth-order valence-corrected chi connectivity index (χ4v) is 1.45. The number of methoxy groups -OCH3 is 1. The van der Waals surface area contributed by atoms with Gasteiger partial charge >= 0.3 is 0 Å². The van der Waals surface area contributed by atoms with Crippen LogP contribution >= 0.6 is 0 Å². The van der Waals surface area contributed by atoms with Gasteiger partial charge in [0, 0.05) is 19.1 Å². The normalized spacial score (nSPS) is 12.8. The van der Waals surface area contributed by atoms with Crippen molar-refractivity contribution in [1.82, 2.24) is 25.8 Å². The number of carbonyl (C=O) groups excluding carboxylic acids is 2. The number of hydrogen-bond acceptors (Lipinski definition) is 5. The maximum atomic E-state index is 12.0. The van der Waals surface area contributed by atoms with Crippen LogP contribution in [0.1, 0.15) is 44.1 Å². The zero-order valence-electron chi connectivity index (χ0n) is 13.1. The van der Waals surface area contributed by atoms with Crippen molar-refractivity contribution in [3.8, 4) is 0 Å². The predicted octanol–water partition coefficient (Wildman–Crippen LogP) is -0.0169. The van der Waals surface area contributed by atoms with E-state index in [0.29, 0.717) is 19.0 Å². The number of nitrogens with one attached hydrogen (secondary N) is 3. The third kappa shape index (κ3) is 5.14. The second kappa shape index (κ2) is 7.16. The zero-order valence-corrected chi connectivity index (χ0v) is 13.1. The van der Waals surface area contributed by atoms with E-state index in [0.717, 1.165) is 0 Å². The molecule has 1 aromatic heterocycles. The van der Waals surface area contributed by atoms with Gasteiger partial charge in [-0.2, -0.15) is 0 Å². The summed E-state index contributed by atoms with van der Waals surface area (Å²) in [7, 11) is 1.55. The molecule has 2 amide bonds. The number of hydrogen-bond donors (Lipinski definition) is 3. The molecule has 0 radical (unpaired) electrons. The number of nitrogens with zero attached hydrogens (tertiary/aromatic N) is 2. The largest absolute Gasteiger partial charge is 0.383 e. The first kappa shape index (κ1) is 17.1. The lowest BCUT2D eigenvalue weighted by Crippen LogP contribution is -2.45. The van der Waals surface area contributed by atoms with Gasteiger partial charge in [0.2, 0.25) is 11.7 Å². The van der Waals surface area contributed by atoms with Crippen LogP contribution in [-0.2, 0) is 14.9 Å². The Kier molecular flexibility index (Phi) is 5.83. The minimum Gasteiger partial charge on any atom is -0.383 e. The molecule has 1 atom stereocenters. The molecule has 0 aliphatic heterocycles. The molecule has 0 saturated heterocycles. The molecule has 0 fully saturated rings. The smallest absolute Gasteiger partial charge is 0.291 e. The topological polar surface area (TPSA) is 109 Å². The van der Waals surface area contributed by atoms with E-state index in [2.05, 4.69) is 25.8 Å². The third-order valence-electron chi connectivity index (χ3n) is 2.75. The number of rotatable bonds is 6. The maximum Gasteiger partial charge on any atom is 0.291 e. The molecule has 1 unspecified atom stereocenters. The highest BCUT2D eigenvalue weighted by Crippen LogP contribution is 2.17. The summed E-state index contributed by atoms with van der Waals surface area (Å²) in [4.78, 5) is 27.8. The Morgan fingerprint density at radius 1 is 1.38 bits per heavy atom. The van der Waals surface area contributed by atoms with Crippen LogP contribution in [0.3, 0.4) is 0 Å². The number of aromatic amines is 1. The Morgan fingerprint density at radius 3 is 2.57 bits per heavy atom. The van der Waals surface area contributed by atoms with Crippen LogP contribution in [0.25, 0.3) is 0 Å². The lowest BCUT2D eigenvalue weighted by molar-refractivity contribution is -0.122. The lowest BCUT2D eigenvalue weighted by Gasteiger charge is -2.13. The number of H-pyrrole nitrogens is 1. The van der Waals surface area contributed by atoms with Crippen molar-refractivity contribution in [1.29, 1.82) is 0 Å². The van der Waals surface area contributed by atoms with E-state index in [4.69, 9.17) is 4.74 Å². The average molecular weight is 297 g/mol. The van der Waals surface area contributed by atoms with Gasteiger partial charge < -0.3 is 15.4 Å². The minimum atomic E-state index is -0.675. The summed E-state index contributed by atoms with van der Waals surface area (Å²) in [6, 6.07) is -0.675. The van der Waals surface area contributed by atoms with Gasteiger partial charge in [0.25, 0.3) is 5.91 Å². The van der Waals surface area contributed by atoms with Crippen LogP contribution in [0, 0.1) is 0 Å². The quantitative estimate of drug-likeness (QED) is 0.640. The summed E-state index contributed by atoms with van der Waals surface area (Å²) in [5, 5.41) is 11.8. The molecular weight excluding hydrogens is 274 g/mol. The highest BCUT2D eigenvalue weighted by molar-refractivity contribution is 5.94. The lowest BCUT2D eigenvalue weighted by atomic mass is 9.96. The molecule has 1 rings (SSSR count). The maximum absolute atomic E-state index is 12.0. The summed E-state index contributed by atoms with van der Waals surface area (Å²) in [5.74, 6) is -0.135. The van der Waals surface area contributed by atoms with Gasteiger partial charge in [-0.3, -0.25) is 14.7 Å². The first-order valence-corrected chi connectivity index (χ1v) is 6.76. The fourth-order valence-electron chi connectivity index (χ4n) is 1.45. The Hall–Kier alpha value is -1.96. The molecule has 0 saturated carbocycles. The van der Waals surface area contributed by atoms with E-state index in [9.17, 15) is 9.59 Å². The molecule has 21 heavy (non-hydrogen) atoms. The fraction of sp³-hybridized carbons (Fsp3) is 0.692. The van der Waals surface area contributed by atoms with E-state index in [1.165, 1.54) is 0 Å². The molecule has 1 aromatic rings. The average Bonchev–Trinajstić information content (AvgIpc) is 2.88. The van der Waals surface area contributed by atoms with E-state index < -0.39 is 11.9 Å². The molecular formula is C13H23N5O3. The second-order valence-corrected chi connectivity index (χ2v) is 5.74. The first-order valence-electron chi connectivity index (χ1n) is 6.76. The van der Waals surface area contributed by atoms with Crippen molar-refractivity contribution in [2.24, 2.45) is 0 Å². The third-order valence-corrected chi connectivity index (χ3v) is 2.75. The Morgan fingerprint density at radius 2 is 2.05 bits per heavy atom. The summed E-state index contributed by atoms with van der Waals surface area (Å²) < 4.78 is 4.83. The summed E-state index contributed by atoms with van der Waals surface area (Å²) in [6.45, 7) is 8.28. The summed E-state index contributed by atoms with van der Waals surface area (Å²) in [6.07, 6.45) is 0. The molecule has 118 valence electrons. The summed E-state index contributed by atoms with van der Waals surface area (Å²) >= 11 is 0. The van der Waals surface area contributed by atoms with Crippen LogP contribution in [0.2, 0.25) is 0 Å². The van der Waals surface area contributed by atoms with Crippen LogP contribution in [-0.4, -0.2) is 53.3 Å². The molecule has 0 aromatic carbocycles. The number of carbonyl (C=O) groups is 2. The Bertz CT molecular complexity index is 492. The van der Waals surface area contributed by atoms with Crippen molar-refractivity contribution in [3.05, 3.63) is 11.6 Å². The van der Waals surface area contributed by atoms with E-state index in [-0.39, 0.29) is 17.1 Å². The molecule has 3 N–H and O–H groups in total. The molecule has 8 nitrogen and oxygen atoms in total. The van der Waals surface area contributed by atoms with Gasteiger partial charge in [-0.1, -0.05) is 20.8 Å². The zero-order chi connectivity index (χ0) is 16.0. The molecule has 0 aliphatic carbocycles. The van der Waals surface area contributed by atoms with Gasteiger partial charge in [0.15, 0.2) is 0 Å². The summed E-state index contributed by atoms with van der Waals surface area (Å²) in [5.41, 5.74) is -0.228. The van der Waals surface area contributed by atoms with Crippen molar-refractivity contribution in [2.75, 3.05) is 20.3 Å². The second-order valence-electron chi connectivity index (χ2n) is 5.74. The van der Waals surface area contributed by atoms with Gasteiger partial charge in [-0.25, -0.2) is 4.98 Å². The minimum absolute atomic E-state index is 0.0245. The van der Waals surface area contributed by atoms with Crippen LogP contribution in [0.15, 0.2) is 0 Å². The van der Waals surface area contributed by atoms with Crippen LogP contribution in [0.4, 0.5) is 0 Å². The molecule has 8 heteroatoms. The van der Waals surface area contributed by atoms with Gasteiger partial charge in [-0.05, 0) is 6.92 Å². The van der Waals surface area contributed by atoms with Gasteiger partial charge in [-0.15, -0.1) is 5.10 Å². The van der Waals surface area contributed by atoms with Gasteiger partial charge in [0.05, 0.1) is 6.61 Å². The first-order chi connectivity index (χ1) is 9.75. The van der Waals surface area contributed by atoms with E-state index in [1.54, 1.807) is 14.0 Å². The highest BCUT2D eigenvalue weighted by atomic mass is 16.5. The van der Waals surface area contributed by atoms with Crippen LogP contribution in [0.5, 0.6) is 0 Å². The van der Waals surface area contributed by atoms with Crippen molar-refractivity contribution < 1.29 is 14.3 Å². The number of aromatic nitrogens is 3. The molecule has 1 heterocycles. The van der Waals surface area contributed by atoms with Crippen molar-refractivity contribution >= 4 is 11.8 Å². The molecule has 0 spiro atoms. The van der Waals surface area contributed by atoms with Gasteiger partial charge in [0.1, 0.15) is 11.9 Å². The molecule has 0 bridgehead atoms. The monoisotopic (exact) mass is 297 g/mol. The van der Waals surface area contributed by atoms with Crippen molar-refractivity contribution in [2.45, 2.75) is 39.2 Å². The SMILES string of the molecule is COCCNC(=O)C(C)NC(=O)c1n[nH]c(C(C)(C)C)n1. The Balaban J connectivity index is 2.56. The number of amides is 2. The molecule has 0 aliphatic rings. The van der Waals surface area contributed by atoms with E-state index in [1.807, 2.05) is 20.8 Å². The van der Waals surface area contributed by atoms with E-state index >= 15 is 0 Å². The standard InChI is InChI=1S/C13H23N5O3/c1-8(10(19)14-6-7-21-5)15-11(20)9-16-12(18-17-9)13(2,3)4/h8H,6-7H2,1-5H3,(H,14,19)(H,15,20)(H,16,17,18). The Labute approximate surface area is 124 Å². The highest BCUT2D eigenvalue weighted by Gasteiger charge is 2.23. The van der Waals surface area contributed by atoms with Crippen LogP contribution < -0.4 is 10.6 Å². The van der Waals surface area contributed by atoms with Crippen molar-refractivity contribution in [3.63, 3.8) is 0 Å².